The number of nitrogens with zero attached hydrogens (tertiary/aromatic N) is 3. The van der Waals surface area contributed by atoms with E-state index >= 15 is 0 Å². The SMILES string of the molecule is C[C@@H]1CN(C(=O)[C@@H](C)Sc2nc(-c3ccccc3)cc(C(F)(F)F)n2)C[C@H](C)O1. The number of alkyl halides is 3. The highest BCUT2D eigenvalue weighted by Crippen LogP contribution is 2.33. The number of aromatic nitrogens is 2. The first-order chi connectivity index (χ1) is 13.6. The molecule has 0 radical (unpaired) electrons. The van der Waals surface area contributed by atoms with Crippen molar-refractivity contribution in [3.63, 3.8) is 0 Å². The van der Waals surface area contributed by atoms with Crippen molar-refractivity contribution in [1.29, 1.82) is 0 Å². The van der Waals surface area contributed by atoms with E-state index in [-0.39, 0.29) is 29.0 Å². The third-order valence-electron chi connectivity index (χ3n) is 4.43. The van der Waals surface area contributed by atoms with Gasteiger partial charge in [0.05, 0.1) is 23.2 Å². The molecule has 0 saturated carbocycles. The average molecular weight is 425 g/mol. The summed E-state index contributed by atoms with van der Waals surface area (Å²) in [6.45, 7) is 6.33. The zero-order valence-corrected chi connectivity index (χ0v) is 17.1. The van der Waals surface area contributed by atoms with Gasteiger partial charge in [0.15, 0.2) is 5.16 Å². The van der Waals surface area contributed by atoms with Crippen LogP contribution < -0.4 is 0 Å². The van der Waals surface area contributed by atoms with Crippen molar-refractivity contribution in [3.8, 4) is 11.3 Å². The summed E-state index contributed by atoms with van der Waals surface area (Å²) in [5.74, 6) is -0.167. The summed E-state index contributed by atoms with van der Waals surface area (Å²) >= 11 is 0.933. The van der Waals surface area contributed by atoms with Gasteiger partial charge in [0.2, 0.25) is 5.91 Å². The fourth-order valence-corrected chi connectivity index (χ4v) is 4.07. The molecule has 1 aromatic heterocycles. The predicted octanol–water partition coefficient (Wildman–Crippen LogP) is 4.28. The number of hydrogen-bond acceptors (Lipinski definition) is 5. The molecule has 156 valence electrons. The van der Waals surface area contributed by atoms with Crippen LogP contribution in [0.2, 0.25) is 0 Å². The summed E-state index contributed by atoms with van der Waals surface area (Å²) in [6, 6.07) is 9.52. The molecule has 3 rings (SSSR count). The van der Waals surface area contributed by atoms with Gasteiger partial charge in [-0.3, -0.25) is 4.79 Å². The number of amides is 1. The lowest BCUT2D eigenvalue weighted by molar-refractivity contribution is -0.142. The van der Waals surface area contributed by atoms with E-state index < -0.39 is 17.1 Å². The maximum Gasteiger partial charge on any atom is 0.433 e. The molecule has 0 N–H and O–H groups in total. The van der Waals surface area contributed by atoms with Gasteiger partial charge >= 0.3 is 6.18 Å². The molecular formula is C20H22F3N3O2S. The Morgan fingerprint density at radius 2 is 1.79 bits per heavy atom. The van der Waals surface area contributed by atoms with E-state index in [0.29, 0.717) is 18.7 Å². The first kappa shape index (κ1) is 21.6. The minimum absolute atomic E-state index is 0.0751. The summed E-state index contributed by atoms with van der Waals surface area (Å²) < 4.78 is 45.7. The zero-order chi connectivity index (χ0) is 21.2. The van der Waals surface area contributed by atoms with Crippen LogP contribution in [0.1, 0.15) is 26.5 Å². The molecule has 0 spiro atoms. The Labute approximate surface area is 171 Å². The van der Waals surface area contributed by atoms with Crippen LogP contribution >= 0.6 is 11.8 Å². The highest BCUT2D eigenvalue weighted by molar-refractivity contribution is 8.00. The summed E-state index contributed by atoms with van der Waals surface area (Å²) in [5, 5.41) is -0.700. The van der Waals surface area contributed by atoms with E-state index in [1.165, 1.54) is 0 Å². The van der Waals surface area contributed by atoms with Crippen LogP contribution in [0.25, 0.3) is 11.3 Å². The fourth-order valence-electron chi connectivity index (χ4n) is 3.20. The van der Waals surface area contributed by atoms with Gasteiger partial charge in [0.25, 0.3) is 0 Å². The Morgan fingerprint density at radius 3 is 2.38 bits per heavy atom. The number of thioether (sulfide) groups is 1. The number of morpholine rings is 1. The van der Waals surface area contributed by atoms with E-state index in [1.807, 2.05) is 13.8 Å². The van der Waals surface area contributed by atoms with Crippen molar-refractivity contribution in [2.45, 2.75) is 49.6 Å². The molecule has 0 unspecified atom stereocenters. The number of ether oxygens (including phenoxy) is 1. The van der Waals surface area contributed by atoms with Crippen LogP contribution in [0.3, 0.4) is 0 Å². The number of rotatable bonds is 4. The van der Waals surface area contributed by atoms with Crippen LogP contribution in [0.4, 0.5) is 13.2 Å². The summed E-state index contributed by atoms with van der Waals surface area (Å²) in [7, 11) is 0. The first-order valence-electron chi connectivity index (χ1n) is 9.26. The summed E-state index contributed by atoms with van der Waals surface area (Å²) in [5.41, 5.74) is -0.303. The van der Waals surface area contributed by atoms with Gasteiger partial charge < -0.3 is 9.64 Å². The monoisotopic (exact) mass is 425 g/mol. The topological polar surface area (TPSA) is 55.3 Å². The minimum Gasteiger partial charge on any atom is -0.372 e. The Morgan fingerprint density at radius 1 is 1.17 bits per heavy atom. The Balaban J connectivity index is 1.85. The van der Waals surface area contributed by atoms with Crippen molar-refractivity contribution in [2.75, 3.05) is 13.1 Å². The molecular weight excluding hydrogens is 403 g/mol. The molecule has 1 amide bonds. The smallest absolute Gasteiger partial charge is 0.372 e. The highest BCUT2D eigenvalue weighted by Gasteiger charge is 2.35. The molecule has 0 bridgehead atoms. The van der Waals surface area contributed by atoms with Crippen molar-refractivity contribution in [3.05, 3.63) is 42.1 Å². The van der Waals surface area contributed by atoms with Gasteiger partial charge in [-0.2, -0.15) is 13.2 Å². The maximum atomic E-state index is 13.3. The van der Waals surface area contributed by atoms with E-state index in [1.54, 1.807) is 42.2 Å². The van der Waals surface area contributed by atoms with Crippen LogP contribution in [0, 0.1) is 0 Å². The molecule has 1 fully saturated rings. The molecule has 2 aromatic rings. The molecule has 5 nitrogen and oxygen atoms in total. The Hall–Kier alpha value is -2.13. The molecule has 1 aliphatic heterocycles. The molecule has 3 atom stereocenters. The molecule has 9 heteroatoms. The van der Waals surface area contributed by atoms with Crippen molar-refractivity contribution < 1.29 is 22.7 Å². The molecule has 1 aromatic carbocycles. The number of carbonyl (C=O) groups excluding carboxylic acids is 1. The second kappa shape index (κ2) is 8.71. The van der Waals surface area contributed by atoms with E-state index in [4.69, 9.17) is 4.74 Å². The largest absolute Gasteiger partial charge is 0.433 e. The Kier molecular flexibility index (Phi) is 6.48. The predicted molar refractivity (Wildman–Crippen MR) is 104 cm³/mol. The third kappa shape index (κ3) is 5.48. The van der Waals surface area contributed by atoms with Gasteiger partial charge in [-0.05, 0) is 26.8 Å². The zero-order valence-electron chi connectivity index (χ0n) is 16.3. The van der Waals surface area contributed by atoms with Crippen molar-refractivity contribution in [2.24, 2.45) is 0 Å². The van der Waals surface area contributed by atoms with E-state index in [2.05, 4.69) is 9.97 Å². The van der Waals surface area contributed by atoms with Crippen LogP contribution in [-0.2, 0) is 15.7 Å². The number of carbonyl (C=O) groups is 1. The van der Waals surface area contributed by atoms with Crippen LogP contribution in [0.5, 0.6) is 0 Å². The fraction of sp³-hybridized carbons (Fsp3) is 0.450. The Bertz CT molecular complexity index is 854. The molecule has 2 heterocycles. The highest BCUT2D eigenvalue weighted by atomic mass is 32.2. The molecule has 1 saturated heterocycles. The summed E-state index contributed by atoms with van der Waals surface area (Å²) in [6.07, 6.45) is -4.78. The van der Waals surface area contributed by atoms with Gasteiger partial charge in [-0.25, -0.2) is 9.97 Å². The average Bonchev–Trinajstić information content (AvgIpc) is 2.66. The first-order valence-corrected chi connectivity index (χ1v) is 10.1. The lowest BCUT2D eigenvalue weighted by Gasteiger charge is -2.36. The third-order valence-corrected chi connectivity index (χ3v) is 5.38. The van der Waals surface area contributed by atoms with E-state index in [9.17, 15) is 18.0 Å². The van der Waals surface area contributed by atoms with Gasteiger partial charge in [-0.1, -0.05) is 42.1 Å². The standard InChI is InChI=1S/C20H22F3N3O2S/c1-12-10-26(11-13(2)28-12)18(27)14(3)29-19-24-16(15-7-5-4-6-8-15)9-17(25-19)20(21,22)23/h4-9,12-14H,10-11H2,1-3H3/t12-,13+,14-/m1/s1. The molecule has 29 heavy (non-hydrogen) atoms. The number of benzene rings is 1. The quantitative estimate of drug-likeness (QED) is 0.541. The van der Waals surface area contributed by atoms with Crippen molar-refractivity contribution in [1.82, 2.24) is 14.9 Å². The number of hydrogen-bond donors (Lipinski definition) is 0. The second-order valence-electron chi connectivity index (χ2n) is 7.05. The lowest BCUT2D eigenvalue weighted by Crippen LogP contribution is -2.50. The van der Waals surface area contributed by atoms with Gasteiger partial charge in [0, 0.05) is 18.7 Å². The van der Waals surface area contributed by atoms with Crippen LogP contribution in [0.15, 0.2) is 41.6 Å². The minimum atomic E-state index is -4.61. The summed E-state index contributed by atoms with van der Waals surface area (Å²) in [4.78, 5) is 22.4. The lowest BCUT2D eigenvalue weighted by atomic mass is 10.1. The van der Waals surface area contributed by atoms with Gasteiger partial charge in [-0.15, -0.1) is 0 Å². The molecule has 1 aliphatic rings. The number of halogens is 3. The molecule has 0 aliphatic carbocycles. The second-order valence-corrected chi connectivity index (χ2v) is 8.35. The van der Waals surface area contributed by atoms with E-state index in [0.717, 1.165) is 17.8 Å². The van der Waals surface area contributed by atoms with Crippen LogP contribution in [-0.4, -0.2) is 51.3 Å². The maximum absolute atomic E-state index is 13.3. The van der Waals surface area contributed by atoms with Crippen molar-refractivity contribution >= 4 is 17.7 Å². The normalized spacial score (nSPS) is 21.1. The van der Waals surface area contributed by atoms with Gasteiger partial charge in [0.1, 0.15) is 5.69 Å².